The molecule has 0 fully saturated rings. The third kappa shape index (κ3) is 7.33. The summed E-state index contributed by atoms with van der Waals surface area (Å²) in [4.78, 5) is 20.3. The van der Waals surface area contributed by atoms with Gasteiger partial charge in [-0.05, 0) is 35.4 Å². The molecule has 0 aliphatic carbocycles. The Morgan fingerprint density at radius 1 is 0.667 bits per heavy atom. The van der Waals surface area contributed by atoms with Gasteiger partial charge in [0.25, 0.3) is 0 Å². The molecule has 21 heavy (non-hydrogen) atoms. The molecule has 0 spiro atoms. The van der Waals surface area contributed by atoms with Gasteiger partial charge >= 0.3 is 23.1 Å². The van der Waals surface area contributed by atoms with E-state index in [1.165, 1.54) is 48.5 Å². The molecule has 2 aromatic rings. The fraction of sp³-hybridized carbons (Fsp3) is 0. The molecule has 7 heteroatoms. The second kappa shape index (κ2) is 9.62. The van der Waals surface area contributed by atoms with Crippen LogP contribution in [-0.4, -0.2) is 35.0 Å². The monoisotopic (exact) mass is 334 g/mol. The Morgan fingerprint density at radius 2 is 0.905 bits per heavy atom. The van der Waals surface area contributed by atoms with Gasteiger partial charge in [-0.2, -0.15) is 0 Å². The third-order valence-corrected chi connectivity index (χ3v) is 2.66. The number of rotatable bonds is 2. The van der Waals surface area contributed by atoms with Crippen molar-refractivity contribution in [1.82, 2.24) is 0 Å². The summed E-state index contributed by atoms with van der Waals surface area (Å²) in [5, 5.41) is 21.4. The van der Waals surface area contributed by atoms with Crippen LogP contribution in [0, 0.1) is 0 Å². The van der Waals surface area contributed by atoms with Gasteiger partial charge < -0.3 is 19.8 Å². The van der Waals surface area contributed by atoms with Crippen LogP contribution in [-0.2, 0) is 0 Å². The third-order valence-electron chi connectivity index (χ3n) is 2.16. The fourth-order valence-electron chi connectivity index (χ4n) is 1.17. The zero-order chi connectivity index (χ0) is 15.1. The van der Waals surface area contributed by atoms with Gasteiger partial charge in [-0.1, -0.05) is 47.5 Å². The van der Waals surface area contributed by atoms with E-state index >= 15 is 0 Å². The molecule has 4 nitrogen and oxygen atoms in total. The van der Waals surface area contributed by atoms with E-state index in [1.54, 1.807) is 0 Å². The van der Waals surface area contributed by atoms with Gasteiger partial charge in [0.05, 0.1) is 11.9 Å². The van der Waals surface area contributed by atoms with Gasteiger partial charge in [-0.25, -0.2) is 0 Å². The number of halogens is 2. The Labute approximate surface area is 147 Å². The molecule has 0 radical (unpaired) electrons. The predicted molar refractivity (Wildman–Crippen MR) is 77.3 cm³/mol. The summed E-state index contributed by atoms with van der Waals surface area (Å²) in [5.74, 6) is -2.37. The Balaban J connectivity index is 0.000000364. The molecule has 0 saturated heterocycles. The van der Waals surface area contributed by atoms with Gasteiger partial charge in [0, 0.05) is 10.0 Å². The summed E-state index contributed by atoms with van der Waals surface area (Å²) in [6.45, 7) is 0. The van der Waals surface area contributed by atoms with E-state index < -0.39 is 11.9 Å². The van der Waals surface area contributed by atoms with Crippen molar-refractivity contribution in [3.05, 3.63) is 69.7 Å². The first-order valence-electron chi connectivity index (χ1n) is 5.34. The maximum Gasteiger partial charge on any atom is 2.00 e. The molecule has 0 unspecified atom stereocenters. The molecule has 0 bridgehead atoms. The maximum absolute atomic E-state index is 10.2. The summed E-state index contributed by atoms with van der Waals surface area (Å²) < 4.78 is 0. The van der Waals surface area contributed by atoms with Crippen molar-refractivity contribution in [2.24, 2.45) is 0 Å². The smallest absolute Gasteiger partial charge is 0.545 e. The van der Waals surface area contributed by atoms with Crippen molar-refractivity contribution >= 4 is 58.2 Å². The molecule has 0 aromatic heterocycles. The van der Waals surface area contributed by atoms with E-state index in [2.05, 4.69) is 0 Å². The number of benzene rings is 2. The van der Waals surface area contributed by atoms with Gasteiger partial charge in [-0.3, -0.25) is 0 Å². The van der Waals surface area contributed by atoms with E-state index in [0.717, 1.165) is 0 Å². The number of carboxylic acids is 2. The van der Waals surface area contributed by atoms with Crippen molar-refractivity contribution < 1.29 is 19.8 Å². The molecule has 0 N–H and O–H groups in total. The minimum absolute atomic E-state index is 0. The zero-order valence-corrected chi connectivity index (χ0v) is 13.6. The first kappa shape index (κ1) is 19.7. The van der Waals surface area contributed by atoms with Crippen LogP contribution in [0.5, 0.6) is 0 Å². The molecular formula is C14H8Cl2MgO4. The first-order valence-corrected chi connectivity index (χ1v) is 6.09. The molecule has 0 heterocycles. The maximum atomic E-state index is 10.2. The minimum atomic E-state index is -1.18. The van der Waals surface area contributed by atoms with E-state index in [0.29, 0.717) is 10.0 Å². The molecule has 0 amide bonds. The topological polar surface area (TPSA) is 80.3 Å². The van der Waals surface area contributed by atoms with E-state index in [9.17, 15) is 19.8 Å². The van der Waals surface area contributed by atoms with Crippen LogP contribution >= 0.6 is 23.2 Å². The number of carbonyl (C=O) groups is 2. The van der Waals surface area contributed by atoms with Gasteiger partial charge in [0.1, 0.15) is 0 Å². The summed E-state index contributed by atoms with van der Waals surface area (Å²) in [6.07, 6.45) is 0. The summed E-state index contributed by atoms with van der Waals surface area (Å²) >= 11 is 11.0. The number of carboxylic acid groups (broad SMARTS) is 2. The van der Waals surface area contributed by atoms with E-state index in [1.807, 2.05) is 0 Å². The van der Waals surface area contributed by atoms with Crippen molar-refractivity contribution in [2.45, 2.75) is 0 Å². The number of hydrogen-bond donors (Lipinski definition) is 0. The predicted octanol–water partition coefficient (Wildman–Crippen LogP) is 1.03. The van der Waals surface area contributed by atoms with Crippen LogP contribution in [0.2, 0.25) is 10.0 Å². The molecule has 0 aliphatic heterocycles. The van der Waals surface area contributed by atoms with E-state index in [4.69, 9.17) is 23.2 Å². The van der Waals surface area contributed by atoms with Crippen LogP contribution < -0.4 is 10.2 Å². The van der Waals surface area contributed by atoms with Crippen LogP contribution in [0.1, 0.15) is 20.7 Å². The van der Waals surface area contributed by atoms with Crippen molar-refractivity contribution in [1.29, 1.82) is 0 Å². The van der Waals surface area contributed by atoms with Crippen molar-refractivity contribution in [3.63, 3.8) is 0 Å². The molecule has 0 atom stereocenters. The van der Waals surface area contributed by atoms with Crippen LogP contribution in [0.25, 0.3) is 0 Å². The molecule has 2 rings (SSSR count). The van der Waals surface area contributed by atoms with Crippen LogP contribution in [0.3, 0.4) is 0 Å². The first-order chi connectivity index (χ1) is 9.40. The molecule has 0 saturated carbocycles. The minimum Gasteiger partial charge on any atom is -0.545 e. The second-order valence-electron chi connectivity index (χ2n) is 3.59. The van der Waals surface area contributed by atoms with E-state index in [-0.39, 0.29) is 34.2 Å². The molecular weight excluding hydrogens is 327 g/mol. The Morgan fingerprint density at radius 3 is 1.10 bits per heavy atom. The number of aromatic carboxylic acids is 2. The van der Waals surface area contributed by atoms with Crippen LogP contribution in [0.15, 0.2) is 48.5 Å². The second-order valence-corrected chi connectivity index (χ2v) is 4.46. The quantitative estimate of drug-likeness (QED) is 0.768. The summed E-state index contributed by atoms with van der Waals surface area (Å²) in [6, 6.07) is 11.6. The van der Waals surface area contributed by atoms with Gasteiger partial charge in [0.15, 0.2) is 0 Å². The normalized spacial score (nSPS) is 8.86. The summed E-state index contributed by atoms with van der Waals surface area (Å²) in [5.41, 5.74) is 0.286. The Kier molecular flexibility index (Phi) is 9.04. The molecule has 104 valence electrons. The molecule has 0 aliphatic rings. The largest absolute Gasteiger partial charge is 2.00 e. The van der Waals surface area contributed by atoms with Gasteiger partial charge in [-0.15, -0.1) is 0 Å². The fourth-order valence-corrected chi connectivity index (χ4v) is 1.42. The summed E-state index contributed by atoms with van der Waals surface area (Å²) in [7, 11) is 0. The number of hydrogen-bond acceptors (Lipinski definition) is 4. The van der Waals surface area contributed by atoms with Crippen molar-refractivity contribution in [2.75, 3.05) is 0 Å². The van der Waals surface area contributed by atoms with Crippen molar-refractivity contribution in [3.8, 4) is 0 Å². The number of carbonyl (C=O) groups excluding carboxylic acids is 2. The SMILES string of the molecule is O=C([O-])c1ccc(Cl)cc1.O=C([O-])c1ccc(Cl)cc1.[Mg+2]. The molecule has 2 aromatic carbocycles. The van der Waals surface area contributed by atoms with Crippen LogP contribution in [0.4, 0.5) is 0 Å². The standard InChI is InChI=1S/2C7H5ClO2.Mg/c2*8-6-3-1-5(2-4-6)7(9)10;/h2*1-4H,(H,9,10);/q;;+2/p-2. The van der Waals surface area contributed by atoms with Gasteiger partial charge in [0.2, 0.25) is 0 Å². The Bertz CT molecular complexity index is 542. The average Bonchev–Trinajstić information content (AvgIpc) is 2.40. The zero-order valence-electron chi connectivity index (χ0n) is 10.7. The average molecular weight is 335 g/mol. The Hall–Kier alpha value is -1.27.